The van der Waals surface area contributed by atoms with Crippen molar-refractivity contribution >= 4 is 33.3 Å². The van der Waals surface area contributed by atoms with Gasteiger partial charge in [0.25, 0.3) is 5.78 Å². The number of aromatic nitrogens is 4. The summed E-state index contributed by atoms with van der Waals surface area (Å²) in [5, 5.41) is 4.30. The van der Waals surface area contributed by atoms with E-state index in [0.29, 0.717) is 10.9 Å². The van der Waals surface area contributed by atoms with Crippen LogP contribution in [0.2, 0.25) is 5.15 Å². The highest BCUT2D eigenvalue weighted by molar-refractivity contribution is 9.10. The molecule has 6 heteroatoms. The summed E-state index contributed by atoms with van der Waals surface area (Å²) in [7, 11) is 0. The maximum absolute atomic E-state index is 5.66. The maximum Gasteiger partial charge on any atom is 0.254 e. The van der Waals surface area contributed by atoms with Gasteiger partial charge in [-0.2, -0.15) is 19.6 Å². The van der Waals surface area contributed by atoms with E-state index in [2.05, 4.69) is 31.0 Å². The number of halogens is 2. The lowest BCUT2D eigenvalue weighted by molar-refractivity contribution is 0.914. The van der Waals surface area contributed by atoms with E-state index in [1.165, 1.54) is 6.33 Å². The Morgan fingerprint density at radius 3 is 3.18 bits per heavy atom. The van der Waals surface area contributed by atoms with Gasteiger partial charge >= 0.3 is 0 Å². The fourth-order valence-corrected chi connectivity index (χ4v) is 1.53. The topological polar surface area (TPSA) is 43.1 Å². The SMILES string of the molecule is Clc1cc(Br)n2ncnc2n1. The van der Waals surface area contributed by atoms with Gasteiger partial charge in [0.1, 0.15) is 16.1 Å². The highest BCUT2D eigenvalue weighted by Crippen LogP contribution is 2.14. The first-order valence-corrected chi connectivity index (χ1v) is 3.96. The van der Waals surface area contributed by atoms with Crippen molar-refractivity contribution in [2.45, 2.75) is 0 Å². The lowest BCUT2D eigenvalue weighted by atomic mass is 10.7. The van der Waals surface area contributed by atoms with Crippen LogP contribution in [0.4, 0.5) is 0 Å². The van der Waals surface area contributed by atoms with Crippen LogP contribution >= 0.6 is 27.5 Å². The first-order chi connectivity index (χ1) is 5.27. The Kier molecular flexibility index (Phi) is 1.54. The molecule has 0 aliphatic rings. The fraction of sp³-hybridized carbons (Fsp3) is 0. The quantitative estimate of drug-likeness (QED) is 0.648. The average Bonchev–Trinajstić information content (AvgIpc) is 2.34. The molecule has 2 heterocycles. The molecule has 0 saturated carbocycles. The zero-order valence-corrected chi connectivity index (χ0v) is 7.54. The van der Waals surface area contributed by atoms with Crippen molar-refractivity contribution in [3.05, 3.63) is 22.1 Å². The zero-order chi connectivity index (χ0) is 7.84. The van der Waals surface area contributed by atoms with Crippen LogP contribution in [-0.4, -0.2) is 19.6 Å². The second-order valence-electron chi connectivity index (χ2n) is 1.87. The molecular weight excluding hydrogens is 231 g/mol. The molecule has 0 fully saturated rings. The smallest absolute Gasteiger partial charge is 0.199 e. The summed E-state index contributed by atoms with van der Waals surface area (Å²) in [5.74, 6) is 0.490. The summed E-state index contributed by atoms with van der Waals surface area (Å²) in [6, 6.07) is 1.66. The number of rotatable bonds is 0. The standard InChI is InChI=1S/C5H2BrClN4/c6-3-1-4(7)10-5-8-2-9-11(3)5/h1-2H. The van der Waals surface area contributed by atoms with Gasteiger partial charge in [-0.25, -0.2) is 0 Å². The second-order valence-corrected chi connectivity index (χ2v) is 3.07. The second kappa shape index (κ2) is 2.42. The molecule has 0 N–H and O–H groups in total. The molecule has 0 aliphatic heterocycles. The molecule has 2 aromatic heterocycles. The van der Waals surface area contributed by atoms with Gasteiger partial charge in [0.05, 0.1) is 0 Å². The van der Waals surface area contributed by atoms with Crippen molar-refractivity contribution in [3.63, 3.8) is 0 Å². The normalized spacial score (nSPS) is 10.7. The number of nitrogens with zero attached hydrogens (tertiary/aromatic N) is 4. The lowest BCUT2D eigenvalue weighted by Gasteiger charge is -1.94. The van der Waals surface area contributed by atoms with Crippen LogP contribution in [0.5, 0.6) is 0 Å². The number of hydrogen-bond donors (Lipinski definition) is 0. The molecule has 0 amide bonds. The Morgan fingerprint density at radius 2 is 2.36 bits per heavy atom. The highest BCUT2D eigenvalue weighted by atomic mass is 79.9. The third-order valence-electron chi connectivity index (χ3n) is 1.18. The maximum atomic E-state index is 5.66. The predicted octanol–water partition coefficient (Wildman–Crippen LogP) is 1.54. The van der Waals surface area contributed by atoms with Crippen LogP contribution in [0.15, 0.2) is 17.0 Å². The molecule has 0 saturated heterocycles. The summed E-state index contributed by atoms with van der Waals surface area (Å²) in [5.41, 5.74) is 0. The molecule has 56 valence electrons. The molecule has 0 aliphatic carbocycles. The van der Waals surface area contributed by atoms with E-state index >= 15 is 0 Å². The van der Waals surface area contributed by atoms with E-state index in [1.54, 1.807) is 10.6 Å². The van der Waals surface area contributed by atoms with Crippen LogP contribution in [0, 0.1) is 0 Å². The third-order valence-corrected chi connectivity index (χ3v) is 1.94. The minimum atomic E-state index is 0.400. The Hall–Kier alpha value is -0.680. The van der Waals surface area contributed by atoms with E-state index < -0.39 is 0 Å². The van der Waals surface area contributed by atoms with Crippen molar-refractivity contribution in [1.29, 1.82) is 0 Å². The van der Waals surface area contributed by atoms with Crippen molar-refractivity contribution in [3.8, 4) is 0 Å². The molecule has 4 nitrogen and oxygen atoms in total. The van der Waals surface area contributed by atoms with Gasteiger partial charge in [-0.3, -0.25) is 0 Å². The minimum absolute atomic E-state index is 0.400. The van der Waals surface area contributed by atoms with Crippen LogP contribution in [0.3, 0.4) is 0 Å². The van der Waals surface area contributed by atoms with Crippen molar-refractivity contribution in [2.75, 3.05) is 0 Å². The first-order valence-electron chi connectivity index (χ1n) is 2.79. The van der Waals surface area contributed by atoms with Crippen LogP contribution in [0.1, 0.15) is 0 Å². The lowest BCUT2D eigenvalue weighted by Crippen LogP contribution is -1.92. The van der Waals surface area contributed by atoms with Crippen LogP contribution in [-0.2, 0) is 0 Å². The Balaban J connectivity index is 2.91. The third kappa shape index (κ3) is 1.10. The minimum Gasteiger partial charge on any atom is -0.199 e. The van der Waals surface area contributed by atoms with Crippen molar-refractivity contribution < 1.29 is 0 Å². The molecule has 0 aromatic carbocycles. The Labute approximate surface area is 75.3 Å². The molecule has 0 atom stereocenters. The summed E-state index contributed by atoms with van der Waals surface area (Å²) < 4.78 is 2.29. The van der Waals surface area contributed by atoms with Gasteiger partial charge in [-0.05, 0) is 15.9 Å². The molecule has 11 heavy (non-hydrogen) atoms. The molecular formula is C5H2BrClN4. The van der Waals surface area contributed by atoms with Crippen molar-refractivity contribution in [2.24, 2.45) is 0 Å². The monoisotopic (exact) mass is 232 g/mol. The van der Waals surface area contributed by atoms with Gasteiger partial charge in [0.2, 0.25) is 0 Å². The Morgan fingerprint density at radius 1 is 1.55 bits per heavy atom. The van der Waals surface area contributed by atoms with Crippen LogP contribution in [0.25, 0.3) is 5.78 Å². The van der Waals surface area contributed by atoms with E-state index in [4.69, 9.17) is 11.6 Å². The molecule has 2 aromatic rings. The van der Waals surface area contributed by atoms with E-state index in [-0.39, 0.29) is 0 Å². The highest BCUT2D eigenvalue weighted by Gasteiger charge is 2.01. The fourth-order valence-electron chi connectivity index (χ4n) is 0.750. The Bertz CT molecular complexity index is 398. The van der Waals surface area contributed by atoms with Gasteiger partial charge in [0.15, 0.2) is 0 Å². The summed E-state index contributed by atoms with van der Waals surface area (Å²) in [6.07, 6.45) is 1.42. The van der Waals surface area contributed by atoms with E-state index in [9.17, 15) is 0 Å². The summed E-state index contributed by atoms with van der Waals surface area (Å²) >= 11 is 8.92. The molecule has 0 unspecified atom stereocenters. The van der Waals surface area contributed by atoms with Crippen molar-refractivity contribution in [1.82, 2.24) is 19.6 Å². The largest absolute Gasteiger partial charge is 0.254 e. The predicted molar refractivity (Wildman–Crippen MR) is 43.5 cm³/mol. The van der Waals surface area contributed by atoms with Gasteiger partial charge < -0.3 is 0 Å². The zero-order valence-electron chi connectivity index (χ0n) is 5.20. The number of fused-ring (bicyclic) bond motifs is 1. The molecule has 0 radical (unpaired) electrons. The van der Waals surface area contributed by atoms with Crippen LogP contribution < -0.4 is 0 Å². The average molecular weight is 233 g/mol. The molecule has 0 bridgehead atoms. The van der Waals surface area contributed by atoms with E-state index in [0.717, 1.165) is 4.60 Å². The van der Waals surface area contributed by atoms with Gasteiger partial charge in [-0.1, -0.05) is 11.6 Å². The van der Waals surface area contributed by atoms with Gasteiger partial charge in [0, 0.05) is 6.07 Å². The summed E-state index contributed by atoms with van der Waals surface area (Å²) in [4.78, 5) is 7.79. The summed E-state index contributed by atoms with van der Waals surface area (Å²) in [6.45, 7) is 0. The number of hydrogen-bond acceptors (Lipinski definition) is 3. The molecule has 0 spiro atoms. The first kappa shape index (κ1) is 7.00. The molecule has 2 rings (SSSR count). The van der Waals surface area contributed by atoms with Gasteiger partial charge in [-0.15, -0.1) is 0 Å². The van der Waals surface area contributed by atoms with E-state index in [1.807, 2.05) is 0 Å².